The van der Waals surface area contributed by atoms with Gasteiger partial charge in [-0.3, -0.25) is 10.1 Å². The van der Waals surface area contributed by atoms with Gasteiger partial charge in [-0.05, 0) is 60.1 Å². The van der Waals surface area contributed by atoms with Gasteiger partial charge < -0.3 is 9.73 Å². The zero-order valence-electron chi connectivity index (χ0n) is 16.9. The Bertz CT molecular complexity index is 1550. The highest BCUT2D eigenvalue weighted by Crippen LogP contribution is 2.30. The van der Waals surface area contributed by atoms with Gasteiger partial charge in [-0.1, -0.05) is 59.6 Å². The second kappa shape index (κ2) is 8.83. The molecule has 0 aliphatic rings. The van der Waals surface area contributed by atoms with E-state index in [1.54, 1.807) is 12.1 Å². The van der Waals surface area contributed by atoms with E-state index in [1.165, 1.54) is 6.07 Å². The maximum absolute atomic E-state index is 12.5. The standard InChI is InChI=1S/C25H15Cl2N3O2S/c26-16-9-10-20(27)19(13-16)23(31)30-25(33)28-17-6-3-5-15(12-17)24-29-22-18-7-2-1-4-14(18)8-11-21(22)32-24/h1-13H,(H2,28,30,31,33). The third kappa shape index (κ3) is 4.41. The van der Waals surface area contributed by atoms with E-state index in [2.05, 4.69) is 10.6 Å². The lowest BCUT2D eigenvalue weighted by atomic mass is 10.1. The molecule has 1 aromatic heterocycles. The molecule has 8 heteroatoms. The van der Waals surface area contributed by atoms with Crippen molar-refractivity contribution in [3.8, 4) is 11.5 Å². The van der Waals surface area contributed by atoms with E-state index in [9.17, 15) is 4.79 Å². The minimum absolute atomic E-state index is 0.122. The number of hydrogen-bond donors (Lipinski definition) is 2. The third-order valence-corrected chi connectivity index (χ3v) is 5.82. The number of benzene rings is 4. The molecule has 1 heterocycles. The van der Waals surface area contributed by atoms with Gasteiger partial charge in [-0.2, -0.15) is 0 Å². The van der Waals surface area contributed by atoms with Gasteiger partial charge in [0, 0.05) is 21.7 Å². The number of carbonyl (C=O) groups excluding carboxylic acids is 1. The van der Waals surface area contributed by atoms with Gasteiger partial charge in [0.05, 0.1) is 10.6 Å². The van der Waals surface area contributed by atoms with E-state index in [0.717, 1.165) is 21.9 Å². The van der Waals surface area contributed by atoms with Gasteiger partial charge in [0.2, 0.25) is 5.89 Å². The van der Waals surface area contributed by atoms with E-state index < -0.39 is 5.91 Å². The quantitative estimate of drug-likeness (QED) is 0.264. The SMILES string of the molecule is O=C(NC(=S)Nc1cccc(-c2nc3c(ccc4ccccc43)o2)c1)c1cc(Cl)ccc1Cl. The Labute approximate surface area is 204 Å². The Hall–Kier alpha value is -3.45. The number of nitrogens with one attached hydrogen (secondary N) is 2. The summed E-state index contributed by atoms with van der Waals surface area (Å²) < 4.78 is 6.00. The molecule has 0 aliphatic carbocycles. The maximum Gasteiger partial charge on any atom is 0.258 e. The van der Waals surface area contributed by atoms with Crippen molar-refractivity contribution >= 4 is 74.0 Å². The van der Waals surface area contributed by atoms with Crippen LogP contribution in [0.4, 0.5) is 5.69 Å². The first-order valence-electron chi connectivity index (χ1n) is 9.94. The van der Waals surface area contributed by atoms with Crippen molar-refractivity contribution in [2.75, 3.05) is 5.32 Å². The molecule has 5 rings (SSSR count). The third-order valence-electron chi connectivity index (χ3n) is 5.05. The summed E-state index contributed by atoms with van der Waals surface area (Å²) in [5.41, 5.74) is 3.20. The summed E-state index contributed by atoms with van der Waals surface area (Å²) >= 11 is 17.4. The zero-order valence-corrected chi connectivity index (χ0v) is 19.3. The number of aromatic nitrogens is 1. The minimum Gasteiger partial charge on any atom is -0.436 e. The van der Waals surface area contributed by atoms with Crippen LogP contribution in [0.3, 0.4) is 0 Å². The first kappa shape index (κ1) is 21.4. The van der Waals surface area contributed by atoms with Crippen molar-refractivity contribution in [2.24, 2.45) is 0 Å². The van der Waals surface area contributed by atoms with Crippen LogP contribution in [0.25, 0.3) is 33.3 Å². The Balaban J connectivity index is 1.37. The highest BCUT2D eigenvalue weighted by molar-refractivity contribution is 7.80. The summed E-state index contributed by atoms with van der Waals surface area (Å²) in [7, 11) is 0. The Kier molecular flexibility index (Phi) is 5.72. The highest BCUT2D eigenvalue weighted by atomic mass is 35.5. The Morgan fingerprint density at radius 1 is 0.939 bits per heavy atom. The summed E-state index contributed by atoms with van der Waals surface area (Å²) in [5.74, 6) is 0.0349. The highest BCUT2D eigenvalue weighted by Gasteiger charge is 2.14. The monoisotopic (exact) mass is 491 g/mol. The van der Waals surface area contributed by atoms with Crippen LogP contribution in [-0.2, 0) is 0 Å². The fraction of sp³-hybridized carbons (Fsp3) is 0. The maximum atomic E-state index is 12.5. The topological polar surface area (TPSA) is 67.2 Å². The van der Waals surface area contributed by atoms with E-state index >= 15 is 0 Å². The number of nitrogens with zero attached hydrogens (tertiary/aromatic N) is 1. The molecule has 0 bridgehead atoms. The van der Waals surface area contributed by atoms with Gasteiger partial charge in [0.1, 0.15) is 5.52 Å². The second-order valence-corrected chi connectivity index (χ2v) is 8.52. The van der Waals surface area contributed by atoms with Crippen LogP contribution in [0.5, 0.6) is 0 Å². The number of anilines is 1. The summed E-state index contributed by atoms with van der Waals surface area (Å²) in [6, 6.07) is 24.0. The number of thiocarbonyl (C=S) groups is 1. The molecule has 1 amide bonds. The van der Waals surface area contributed by atoms with Gasteiger partial charge in [0.25, 0.3) is 5.91 Å². The molecule has 0 spiro atoms. The second-order valence-electron chi connectivity index (χ2n) is 7.27. The van der Waals surface area contributed by atoms with Crippen molar-refractivity contribution in [3.63, 3.8) is 0 Å². The number of carbonyl (C=O) groups is 1. The molecule has 4 aromatic carbocycles. The number of amides is 1. The summed E-state index contributed by atoms with van der Waals surface area (Å²) in [6.07, 6.45) is 0. The number of fused-ring (bicyclic) bond motifs is 3. The predicted molar refractivity (Wildman–Crippen MR) is 137 cm³/mol. The average Bonchev–Trinajstić information content (AvgIpc) is 3.26. The first-order valence-corrected chi connectivity index (χ1v) is 11.1. The summed E-state index contributed by atoms with van der Waals surface area (Å²) in [6.45, 7) is 0. The minimum atomic E-state index is -0.456. The number of oxazole rings is 1. The largest absolute Gasteiger partial charge is 0.436 e. The normalized spacial score (nSPS) is 11.0. The molecule has 0 atom stereocenters. The molecule has 0 aliphatic heterocycles. The lowest BCUT2D eigenvalue weighted by Gasteiger charge is -2.11. The fourth-order valence-corrected chi connectivity index (χ4v) is 4.11. The Morgan fingerprint density at radius 2 is 1.79 bits per heavy atom. The molecular formula is C25H15Cl2N3O2S. The summed E-state index contributed by atoms with van der Waals surface area (Å²) in [4.78, 5) is 17.2. The fourth-order valence-electron chi connectivity index (χ4n) is 3.52. The molecule has 0 radical (unpaired) electrons. The number of rotatable bonds is 3. The molecule has 162 valence electrons. The zero-order chi connectivity index (χ0) is 22.9. The van der Waals surface area contributed by atoms with E-state index in [4.69, 9.17) is 44.8 Å². The van der Waals surface area contributed by atoms with E-state index in [-0.39, 0.29) is 15.7 Å². The molecule has 0 saturated carbocycles. The molecule has 33 heavy (non-hydrogen) atoms. The molecule has 0 fully saturated rings. The van der Waals surface area contributed by atoms with Crippen LogP contribution < -0.4 is 10.6 Å². The lowest BCUT2D eigenvalue weighted by molar-refractivity contribution is 0.0978. The molecular weight excluding hydrogens is 477 g/mol. The molecule has 2 N–H and O–H groups in total. The number of halogens is 2. The van der Waals surface area contributed by atoms with Crippen LogP contribution in [0, 0.1) is 0 Å². The van der Waals surface area contributed by atoms with Crippen LogP contribution in [0.2, 0.25) is 10.0 Å². The predicted octanol–water partition coefficient (Wildman–Crippen LogP) is 7.08. The molecule has 0 unspecified atom stereocenters. The van der Waals surface area contributed by atoms with Crippen LogP contribution in [-0.4, -0.2) is 16.0 Å². The van der Waals surface area contributed by atoms with Crippen LogP contribution in [0.1, 0.15) is 10.4 Å². The van der Waals surface area contributed by atoms with Crippen molar-refractivity contribution in [3.05, 3.63) is 94.5 Å². The molecule has 5 nitrogen and oxygen atoms in total. The van der Waals surface area contributed by atoms with E-state index in [0.29, 0.717) is 22.2 Å². The number of hydrogen-bond acceptors (Lipinski definition) is 4. The lowest BCUT2D eigenvalue weighted by Crippen LogP contribution is -2.34. The van der Waals surface area contributed by atoms with Crippen molar-refractivity contribution in [2.45, 2.75) is 0 Å². The van der Waals surface area contributed by atoms with Gasteiger partial charge in [-0.25, -0.2) is 4.98 Å². The van der Waals surface area contributed by atoms with Crippen molar-refractivity contribution < 1.29 is 9.21 Å². The van der Waals surface area contributed by atoms with E-state index in [1.807, 2.05) is 60.7 Å². The average molecular weight is 492 g/mol. The smallest absolute Gasteiger partial charge is 0.258 e. The van der Waals surface area contributed by atoms with Crippen molar-refractivity contribution in [1.29, 1.82) is 0 Å². The van der Waals surface area contributed by atoms with Gasteiger partial charge in [-0.15, -0.1) is 0 Å². The first-order chi connectivity index (χ1) is 16.0. The Morgan fingerprint density at radius 3 is 2.67 bits per heavy atom. The molecule has 0 saturated heterocycles. The van der Waals surface area contributed by atoms with Crippen LogP contribution >= 0.6 is 35.4 Å². The van der Waals surface area contributed by atoms with Gasteiger partial charge >= 0.3 is 0 Å². The van der Waals surface area contributed by atoms with Gasteiger partial charge in [0.15, 0.2) is 10.7 Å². The van der Waals surface area contributed by atoms with Crippen molar-refractivity contribution in [1.82, 2.24) is 10.3 Å². The molecule has 5 aromatic rings. The summed E-state index contributed by atoms with van der Waals surface area (Å²) in [5, 5.41) is 8.56. The van der Waals surface area contributed by atoms with Crippen LogP contribution in [0.15, 0.2) is 83.3 Å².